The zero-order valence-electron chi connectivity index (χ0n) is 12.1. The molecule has 1 aromatic carbocycles. The number of aromatic amines is 1. The summed E-state index contributed by atoms with van der Waals surface area (Å²) in [7, 11) is 0. The van der Waals surface area contributed by atoms with Crippen molar-refractivity contribution in [2.24, 2.45) is 5.41 Å². The minimum absolute atomic E-state index is 0.208. The maximum absolute atomic E-state index is 12.4. The highest BCUT2D eigenvalue weighted by Gasteiger charge is 2.30. The number of amides is 1. The number of hydrogen-bond donors (Lipinski definition) is 1. The van der Waals surface area contributed by atoms with Gasteiger partial charge in [0.15, 0.2) is 0 Å². The maximum Gasteiger partial charge on any atom is 0.228 e. The van der Waals surface area contributed by atoms with Crippen LogP contribution in [0.1, 0.15) is 32.0 Å². The molecule has 1 N–H and O–H groups in total. The lowest BCUT2D eigenvalue weighted by molar-refractivity contribution is -0.140. The second-order valence-electron chi connectivity index (χ2n) is 6.50. The van der Waals surface area contributed by atoms with E-state index >= 15 is 0 Å². The SMILES string of the molecule is CC(C)(C)C(=O)N1CCc2[nH]c3ccc(Cl)cc3c2C1. The third kappa shape index (κ3) is 2.20. The number of benzene rings is 1. The number of nitrogens with zero attached hydrogens (tertiary/aromatic N) is 1. The Morgan fingerprint density at radius 1 is 1.35 bits per heavy atom. The van der Waals surface area contributed by atoms with E-state index in [0.717, 1.165) is 28.9 Å². The number of halogens is 1. The molecule has 1 amide bonds. The van der Waals surface area contributed by atoms with E-state index in [-0.39, 0.29) is 11.3 Å². The number of nitrogens with one attached hydrogen (secondary N) is 1. The van der Waals surface area contributed by atoms with Crippen molar-refractivity contribution in [2.75, 3.05) is 6.54 Å². The molecule has 2 heterocycles. The average Bonchev–Trinajstić information content (AvgIpc) is 2.74. The average molecular weight is 291 g/mol. The van der Waals surface area contributed by atoms with E-state index in [2.05, 4.69) is 4.98 Å². The molecule has 0 unspecified atom stereocenters. The van der Waals surface area contributed by atoms with Crippen molar-refractivity contribution in [3.63, 3.8) is 0 Å². The van der Waals surface area contributed by atoms with Crippen LogP contribution in [0, 0.1) is 5.41 Å². The van der Waals surface area contributed by atoms with E-state index in [9.17, 15) is 4.79 Å². The van der Waals surface area contributed by atoms with Crippen LogP contribution in [0.25, 0.3) is 10.9 Å². The van der Waals surface area contributed by atoms with E-state index in [1.165, 1.54) is 11.3 Å². The predicted octanol–water partition coefficient (Wildman–Crippen LogP) is 3.75. The van der Waals surface area contributed by atoms with Crippen molar-refractivity contribution >= 4 is 28.4 Å². The van der Waals surface area contributed by atoms with Crippen molar-refractivity contribution in [1.29, 1.82) is 0 Å². The molecular weight excluding hydrogens is 272 g/mol. The van der Waals surface area contributed by atoms with Gasteiger partial charge in [-0.3, -0.25) is 4.79 Å². The van der Waals surface area contributed by atoms with Gasteiger partial charge in [0.1, 0.15) is 0 Å². The number of carbonyl (C=O) groups is 1. The second kappa shape index (κ2) is 4.52. The highest BCUT2D eigenvalue weighted by atomic mass is 35.5. The van der Waals surface area contributed by atoms with Gasteiger partial charge in [0.25, 0.3) is 0 Å². The first-order chi connectivity index (χ1) is 9.36. The summed E-state index contributed by atoms with van der Waals surface area (Å²) in [6.07, 6.45) is 0.878. The Balaban J connectivity index is 2.00. The molecule has 3 rings (SSSR count). The normalized spacial score (nSPS) is 15.5. The van der Waals surface area contributed by atoms with E-state index in [1.807, 2.05) is 43.9 Å². The van der Waals surface area contributed by atoms with Gasteiger partial charge in [-0.2, -0.15) is 0 Å². The number of rotatable bonds is 0. The van der Waals surface area contributed by atoms with Crippen molar-refractivity contribution in [2.45, 2.75) is 33.7 Å². The van der Waals surface area contributed by atoms with Crippen molar-refractivity contribution in [1.82, 2.24) is 9.88 Å². The Bertz CT molecular complexity index is 682. The van der Waals surface area contributed by atoms with Gasteiger partial charge in [-0.05, 0) is 18.2 Å². The molecule has 0 radical (unpaired) electrons. The minimum atomic E-state index is -0.332. The Labute approximate surface area is 123 Å². The van der Waals surface area contributed by atoms with Gasteiger partial charge in [0, 0.05) is 52.1 Å². The molecule has 0 bridgehead atoms. The van der Waals surface area contributed by atoms with Crippen LogP contribution in [0.15, 0.2) is 18.2 Å². The van der Waals surface area contributed by atoms with Crippen LogP contribution in [0.2, 0.25) is 5.02 Å². The fourth-order valence-electron chi connectivity index (χ4n) is 2.83. The summed E-state index contributed by atoms with van der Waals surface area (Å²) in [4.78, 5) is 17.8. The number of aromatic nitrogens is 1. The third-order valence-corrected chi connectivity index (χ3v) is 4.10. The van der Waals surface area contributed by atoms with Gasteiger partial charge in [-0.1, -0.05) is 32.4 Å². The molecular formula is C16H19ClN2O. The van der Waals surface area contributed by atoms with E-state index < -0.39 is 0 Å². The van der Waals surface area contributed by atoms with Crippen LogP contribution in [-0.4, -0.2) is 22.3 Å². The number of H-pyrrole nitrogens is 1. The standard InChI is InChI=1S/C16H19ClN2O/c1-16(2,3)15(20)19-7-6-14-12(9-19)11-8-10(17)4-5-13(11)18-14/h4-5,8,18H,6-7,9H2,1-3H3. The summed E-state index contributed by atoms with van der Waals surface area (Å²) < 4.78 is 0. The van der Waals surface area contributed by atoms with Gasteiger partial charge < -0.3 is 9.88 Å². The third-order valence-electron chi connectivity index (χ3n) is 3.87. The fraction of sp³-hybridized carbons (Fsp3) is 0.438. The molecule has 20 heavy (non-hydrogen) atoms. The first-order valence-corrected chi connectivity index (χ1v) is 7.32. The van der Waals surface area contributed by atoms with Crippen LogP contribution in [-0.2, 0) is 17.8 Å². The van der Waals surface area contributed by atoms with Gasteiger partial charge in [0.2, 0.25) is 5.91 Å². The van der Waals surface area contributed by atoms with Crippen LogP contribution < -0.4 is 0 Å². The first kappa shape index (κ1) is 13.5. The lowest BCUT2D eigenvalue weighted by Crippen LogP contribution is -2.42. The molecule has 1 aliphatic heterocycles. The molecule has 2 aromatic rings. The summed E-state index contributed by atoms with van der Waals surface area (Å²) >= 11 is 6.10. The van der Waals surface area contributed by atoms with Gasteiger partial charge in [0.05, 0.1) is 0 Å². The largest absolute Gasteiger partial charge is 0.358 e. The molecule has 4 heteroatoms. The lowest BCUT2D eigenvalue weighted by Gasteiger charge is -2.32. The molecule has 1 aromatic heterocycles. The first-order valence-electron chi connectivity index (χ1n) is 6.94. The smallest absolute Gasteiger partial charge is 0.228 e. The van der Waals surface area contributed by atoms with Gasteiger partial charge in [-0.15, -0.1) is 0 Å². The van der Waals surface area contributed by atoms with Crippen molar-refractivity contribution in [3.05, 3.63) is 34.5 Å². The fourth-order valence-corrected chi connectivity index (χ4v) is 3.01. The summed E-state index contributed by atoms with van der Waals surface area (Å²) in [5, 5.41) is 1.87. The lowest BCUT2D eigenvalue weighted by atomic mass is 9.93. The molecule has 0 aliphatic carbocycles. The molecule has 0 saturated carbocycles. The van der Waals surface area contributed by atoms with Crippen LogP contribution >= 0.6 is 11.6 Å². The maximum atomic E-state index is 12.4. The number of fused-ring (bicyclic) bond motifs is 3. The van der Waals surface area contributed by atoms with Crippen molar-refractivity contribution in [3.8, 4) is 0 Å². The monoisotopic (exact) mass is 290 g/mol. The van der Waals surface area contributed by atoms with Crippen molar-refractivity contribution < 1.29 is 4.79 Å². The topological polar surface area (TPSA) is 36.1 Å². The van der Waals surface area contributed by atoms with E-state index in [4.69, 9.17) is 11.6 Å². The molecule has 3 nitrogen and oxygen atoms in total. The quantitative estimate of drug-likeness (QED) is 0.788. The minimum Gasteiger partial charge on any atom is -0.358 e. The zero-order chi connectivity index (χ0) is 14.5. The predicted molar refractivity (Wildman–Crippen MR) is 81.9 cm³/mol. The number of hydrogen-bond acceptors (Lipinski definition) is 1. The molecule has 0 fully saturated rings. The molecule has 0 atom stereocenters. The summed E-state index contributed by atoms with van der Waals surface area (Å²) in [6.45, 7) is 7.36. The van der Waals surface area contributed by atoms with E-state index in [0.29, 0.717) is 6.54 Å². The van der Waals surface area contributed by atoms with Crippen LogP contribution in [0.3, 0.4) is 0 Å². The molecule has 1 aliphatic rings. The van der Waals surface area contributed by atoms with Crippen LogP contribution in [0.4, 0.5) is 0 Å². The Hall–Kier alpha value is -1.48. The van der Waals surface area contributed by atoms with E-state index in [1.54, 1.807) is 0 Å². The highest BCUT2D eigenvalue weighted by molar-refractivity contribution is 6.31. The summed E-state index contributed by atoms with van der Waals surface area (Å²) in [6, 6.07) is 5.88. The van der Waals surface area contributed by atoms with Gasteiger partial charge in [-0.25, -0.2) is 0 Å². The Morgan fingerprint density at radius 3 is 2.80 bits per heavy atom. The molecule has 106 valence electrons. The zero-order valence-corrected chi connectivity index (χ0v) is 12.8. The Morgan fingerprint density at radius 2 is 2.10 bits per heavy atom. The van der Waals surface area contributed by atoms with Crippen LogP contribution in [0.5, 0.6) is 0 Å². The Kier molecular flexibility index (Phi) is 3.05. The summed E-state index contributed by atoms with van der Waals surface area (Å²) in [5.74, 6) is 0.208. The van der Waals surface area contributed by atoms with Gasteiger partial charge >= 0.3 is 0 Å². The highest BCUT2D eigenvalue weighted by Crippen LogP contribution is 2.31. The number of carbonyl (C=O) groups excluding carboxylic acids is 1. The second-order valence-corrected chi connectivity index (χ2v) is 6.94. The molecule has 0 spiro atoms. The molecule has 0 saturated heterocycles. The summed E-state index contributed by atoms with van der Waals surface area (Å²) in [5.41, 5.74) is 3.22.